The van der Waals surface area contributed by atoms with Gasteiger partial charge in [0, 0.05) is 32.6 Å². The van der Waals surface area contributed by atoms with Crippen LogP contribution in [0.15, 0.2) is 158 Å². The van der Waals surface area contributed by atoms with Gasteiger partial charge in [0.1, 0.15) is 0 Å². The van der Waals surface area contributed by atoms with Gasteiger partial charge >= 0.3 is 0 Å². The molecule has 0 saturated carbocycles. The number of rotatable bonds is 3. The molecular formula is C40H26N2. The minimum Gasteiger partial charge on any atom is -0.309 e. The molecule has 0 aliphatic heterocycles. The molecule has 2 aromatic heterocycles. The van der Waals surface area contributed by atoms with Gasteiger partial charge in [0.25, 0.3) is 0 Å². The molecule has 0 N–H and O–H groups in total. The van der Waals surface area contributed by atoms with Crippen molar-refractivity contribution >= 4 is 54.4 Å². The van der Waals surface area contributed by atoms with Crippen molar-refractivity contribution in [3.8, 4) is 22.5 Å². The van der Waals surface area contributed by atoms with Crippen molar-refractivity contribution < 1.29 is 0 Å². The van der Waals surface area contributed by atoms with Crippen LogP contribution >= 0.6 is 0 Å². The Labute approximate surface area is 243 Å². The Hall–Kier alpha value is -5.60. The van der Waals surface area contributed by atoms with Crippen LogP contribution < -0.4 is 0 Å². The number of aromatic nitrogens is 2. The fourth-order valence-electron chi connectivity index (χ4n) is 6.98. The van der Waals surface area contributed by atoms with Crippen LogP contribution in [0.25, 0.3) is 76.9 Å². The van der Waals surface area contributed by atoms with Crippen LogP contribution in [-0.4, -0.2) is 9.13 Å². The molecule has 2 nitrogen and oxygen atoms in total. The summed E-state index contributed by atoms with van der Waals surface area (Å²) < 4.78 is 4.87. The van der Waals surface area contributed by atoms with Crippen LogP contribution in [-0.2, 0) is 0 Å². The molecule has 0 saturated heterocycles. The van der Waals surface area contributed by atoms with E-state index in [4.69, 9.17) is 0 Å². The maximum Gasteiger partial charge on any atom is 0.0549 e. The molecule has 2 heteroatoms. The molecule has 0 aliphatic rings. The number of benzene rings is 7. The van der Waals surface area contributed by atoms with Gasteiger partial charge in [0.2, 0.25) is 0 Å². The summed E-state index contributed by atoms with van der Waals surface area (Å²) in [5.74, 6) is 0. The average Bonchev–Trinajstić information content (AvgIpc) is 3.58. The smallest absolute Gasteiger partial charge is 0.0549 e. The van der Waals surface area contributed by atoms with Crippen molar-refractivity contribution in [3.05, 3.63) is 158 Å². The minimum absolute atomic E-state index is 1.18. The largest absolute Gasteiger partial charge is 0.309 e. The molecule has 9 rings (SSSR count). The number of hydrogen-bond acceptors (Lipinski definition) is 0. The van der Waals surface area contributed by atoms with Gasteiger partial charge in [-0.25, -0.2) is 0 Å². The van der Waals surface area contributed by atoms with E-state index in [0.717, 1.165) is 0 Å². The van der Waals surface area contributed by atoms with Gasteiger partial charge in [-0.1, -0.05) is 115 Å². The zero-order valence-corrected chi connectivity index (χ0v) is 22.9. The predicted molar refractivity (Wildman–Crippen MR) is 178 cm³/mol. The molecule has 7 aromatic carbocycles. The minimum atomic E-state index is 1.18. The third-order valence-electron chi connectivity index (χ3n) is 8.71. The molecule has 0 fully saturated rings. The second kappa shape index (κ2) is 8.95. The van der Waals surface area contributed by atoms with Crippen LogP contribution in [0.2, 0.25) is 0 Å². The molecule has 2 heterocycles. The van der Waals surface area contributed by atoms with E-state index in [-0.39, 0.29) is 0 Å². The monoisotopic (exact) mass is 534 g/mol. The van der Waals surface area contributed by atoms with Crippen molar-refractivity contribution in [3.63, 3.8) is 0 Å². The van der Waals surface area contributed by atoms with Crippen molar-refractivity contribution in [2.45, 2.75) is 0 Å². The Morgan fingerprint density at radius 3 is 1.48 bits per heavy atom. The molecule has 9 aromatic rings. The van der Waals surface area contributed by atoms with E-state index in [9.17, 15) is 0 Å². The summed E-state index contributed by atoms with van der Waals surface area (Å²) in [6.07, 6.45) is 0. The fraction of sp³-hybridized carbons (Fsp3) is 0. The van der Waals surface area contributed by atoms with Gasteiger partial charge < -0.3 is 9.13 Å². The fourth-order valence-corrected chi connectivity index (χ4v) is 6.98. The number of nitrogens with zero attached hydrogens (tertiary/aromatic N) is 2. The first-order chi connectivity index (χ1) is 20.9. The van der Waals surface area contributed by atoms with Gasteiger partial charge in [-0.05, 0) is 59.0 Å². The maximum atomic E-state index is 2.47. The summed E-state index contributed by atoms with van der Waals surface area (Å²) >= 11 is 0. The highest BCUT2D eigenvalue weighted by Gasteiger charge is 2.21. The molecule has 42 heavy (non-hydrogen) atoms. The van der Waals surface area contributed by atoms with E-state index < -0.39 is 0 Å². The second-order valence-electron chi connectivity index (χ2n) is 10.9. The first kappa shape index (κ1) is 23.1. The summed E-state index contributed by atoms with van der Waals surface area (Å²) in [6, 6.07) is 57.1. The van der Waals surface area contributed by atoms with Crippen molar-refractivity contribution in [2.75, 3.05) is 0 Å². The van der Waals surface area contributed by atoms with E-state index in [1.165, 1.54) is 76.9 Å². The van der Waals surface area contributed by atoms with Crippen LogP contribution in [0.1, 0.15) is 0 Å². The lowest BCUT2D eigenvalue weighted by atomic mass is 9.97. The number of para-hydroxylation sites is 3. The molecule has 0 bridgehead atoms. The first-order valence-electron chi connectivity index (χ1n) is 14.5. The van der Waals surface area contributed by atoms with Crippen molar-refractivity contribution in [1.29, 1.82) is 0 Å². The highest BCUT2D eigenvalue weighted by Crippen LogP contribution is 2.43. The first-order valence-corrected chi connectivity index (χ1v) is 14.5. The number of hydrogen-bond donors (Lipinski definition) is 0. The van der Waals surface area contributed by atoms with Crippen LogP contribution in [0, 0.1) is 0 Å². The molecule has 196 valence electrons. The number of fused-ring (bicyclic) bond motifs is 8. The third-order valence-corrected chi connectivity index (χ3v) is 8.71. The molecule has 0 spiro atoms. The van der Waals surface area contributed by atoms with Crippen molar-refractivity contribution in [2.24, 2.45) is 0 Å². The van der Waals surface area contributed by atoms with E-state index >= 15 is 0 Å². The summed E-state index contributed by atoms with van der Waals surface area (Å²) in [4.78, 5) is 0. The zero-order chi connectivity index (χ0) is 27.6. The van der Waals surface area contributed by atoms with Crippen molar-refractivity contribution in [1.82, 2.24) is 9.13 Å². The lowest BCUT2D eigenvalue weighted by Gasteiger charge is -2.15. The van der Waals surface area contributed by atoms with E-state index in [0.29, 0.717) is 0 Å². The molecule has 0 aliphatic carbocycles. The van der Waals surface area contributed by atoms with E-state index in [2.05, 4.69) is 167 Å². The lowest BCUT2D eigenvalue weighted by Crippen LogP contribution is -1.96. The molecule has 0 radical (unpaired) electrons. The maximum absolute atomic E-state index is 2.47. The topological polar surface area (TPSA) is 9.86 Å². The summed E-state index contributed by atoms with van der Waals surface area (Å²) in [6.45, 7) is 0. The zero-order valence-electron chi connectivity index (χ0n) is 22.9. The summed E-state index contributed by atoms with van der Waals surface area (Å²) in [7, 11) is 0. The Kier molecular flexibility index (Phi) is 4.93. The summed E-state index contributed by atoms with van der Waals surface area (Å²) in [5, 5.41) is 7.64. The Morgan fingerprint density at radius 2 is 0.810 bits per heavy atom. The summed E-state index contributed by atoms with van der Waals surface area (Å²) in [5.41, 5.74) is 9.74. The molecule has 0 unspecified atom stereocenters. The molecule has 0 atom stereocenters. The standard InChI is InChI=1S/C40H26N2/c1-3-13-27(14-4-1)29-23-24-36(31-18-8-7-17-30(29)31)42-35-22-12-10-20-33(35)40-38(42)26-25-37-39(40)32-19-9-11-21-34(32)41(37)28-15-5-2-6-16-28/h1-26H. The Balaban J connectivity index is 1.43. The van der Waals surface area contributed by atoms with Gasteiger partial charge in [0.05, 0.1) is 27.8 Å². The average molecular weight is 535 g/mol. The van der Waals surface area contributed by atoms with E-state index in [1.807, 2.05) is 0 Å². The molecule has 0 amide bonds. The van der Waals surface area contributed by atoms with Gasteiger partial charge in [-0.3, -0.25) is 0 Å². The van der Waals surface area contributed by atoms with Crippen LogP contribution in [0.3, 0.4) is 0 Å². The molecular weight excluding hydrogens is 508 g/mol. The second-order valence-corrected chi connectivity index (χ2v) is 10.9. The van der Waals surface area contributed by atoms with Gasteiger partial charge in [-0.2, -0.15) is 0 Å². The van der Waals surface area contributed by atoms with Gasteiger partial charge in [-0.15, -0.1) is 0 Å². The SMILES string of the molecule is c1ccc(-c2ccc(-n3c4ccccc4c4c5c6ccccc6n(-c6ccccc6)c5ccc43)c3ccccc23)cc1. The predicted octanol–water partition coefficient (Wildman–Crippen LogP) is 10.7. The third kappa shape index (κ3) is 3.21. The Bertz CT molecular complexity index is 2440. The highest BCUT2D eigenvalue weighted by atomic mass is 15.0. The van der Waals surface area contributed by atoms with Crippen LogP contribution in [0.4, 0.5) is 0 Å². The highest BCUT2D eigenvalue weighted by molar-refractivity contribution is 6.29. The quantitative estimate of drug-likeness (QED) is 0.213. The van der Waals surface area contributed by atoms with Gasteiger partial charge in [0.15, 0.2) is 0 Å². The van der Waals surface area contributed by atoms with Crippen LogP contribution in [0.5, 0.6) is 0 Å². The normalized spacial score (nSPS) is 11.8. The Morgan fingerprint density at radius 1 is 0.310 bits per heavy atom. The van der Waals surface area contributed by atoms with E-state index in [1.54, 1.807) is 0 Å². The lowest BCUT2D eigenvalue weighted by molar-refractivity contribution is 1.18.